The lowest BCUT2D eigenvalue weighted by Gasteiger charge is -2.27. The van der Waals surface area contributed by atoms with E-state index in [1.54, 1.807) is 0 Å². The molecule has 0 saturated carbocycles. The van der Waals surface area contributed by atoms with Crippen molar-refractivity contribution >= 4 is 23.6 Å². The zero-order chi connectivity index (χ0) is 17.5. The van der Waals surface area contributed by atoms with E-state index in [0.29, 0.717) is 0 Å². The summed E-state index contributed by atoms with van der Waals surface area (Å²) in [6.45, 7) is 7.46. The number of esters is 1. The molecule has 0 N–H and O–H groups in total. The van der Waals surface area contributed by atoms with Crippen molar-refractivity contribution in [1.29, 1.82) is 0 Å². The van der Waals surface area contributed by atoms with Crippen molar-refractivity contribution in [2.24, 2.45) is 10.5 Å². The van der Waals surface area contributed by atoms with Crippen LogP contribution >= 0.6 is 11.8 Å². The van der Waals surface area contributed by atoms with Crippen LogP contribution in [0.3, 0.4) is 0 Å². The molecule has 0 heterocycles. The summed E-state index contributed by atoms with van der Waals surface area (Å²) < 4.78 is 5.13. The lowest BCUT2D eigenvalue weighted by atomic mass is 9.92. The second kappa shape index (κ2) is 8.04. The molecular formula is C16H21N3O3S. The Balaban J connectivity index is 2.87. The third-order valence-corrected chi connectivity index (χ3v) is 4.65. The average molecular weight is 335 g/mol. The van der Waals surface area contributed by atoms with Crippen LogP contribution in [-0.2, 0) is 20.9 Å². The predicted molar refractivity (Wildman–Crippen MR) is 90.7 cm³/mol. The predicted octanol–water partition coefficient (Wildman–Crippen LogP) is 4.10. The Morgan fingerprint density at radius 2 is 1.83 bits per heavy atom. The maximum atomic E-state index is 12.4. The Morgan fingerprint density at radius 1 is 1.22 bits per heavy atom. The number of hydrogen-bond donors (Lipinski definition) is 0. The largest absolute Gasteiger partial charge is 0.460 e. The average Bonchev–Trinajstić information content (AvgIpc) is 2.50. The molecule has 1 rings (SSSR count). The second-order valence-corrected chi connectivity index (χ2v) is 8.09. The molecule has 124 valence electrons. The number of nitrogens with zero attached hydrogens (tertiary/aromatic N) is 3. The van der Waals surface area contributed by atoms with Gasteiger partial charge in [-0.25, -0.2) is 0 Å². The van der Waals surface area contributed by atoms with Gasteiger partial charge in [0.1, 0.15) is 12.0 Å². The van der Waals surface area contributed by atoms with E-state index in [1.807, 2.05) is 51.1 Å². The molecular weight excluding hydrogens is 314 g/mol. The fraction of sp³-hybridized carbons (Fsp3) is 0.500. The monoisotopic (exact) mass is 335 g/mol. The van der Waals surface area contributed by atoms with Gasteiger partial charge in [-0.15, -0.1) is 0 Å². The Kier molecular flexibility index (Phi) is 6.66. The van der Waals surface area contributed by atoms with Gasteiger partial charge in [-0.3, -0.25) is 9.59 Å². The molecule has 0 aliphatic heterocycles. The molecule has 1 atom stereocenters. The van der Waals surface area contributed by atoms with Gasteiger partial charge in [-0.2, -0.15) is 11.8 Å². The van der Waals surface area contributed by atoms with Crippen molar-refractivity contribution in [3.05, 3.63) is 46.3 Å². The number of carbonyl (C=O) groups is 2. The number of thioether (sulfide) groups is 1. The van der Waals surface area contributed by atoms with Crippen LogP contribution in [0.4, 0.5) is 0 Å². The number of rotatable bonds is 6. The van der Waals surface area contributed by atoms with Gasteiger partial charge in [-0.1, -0.05) is 51.1 Å². The standard InChI is InChI=1S/C16H21N3O3S/c1-15(2,3)23-11-16(4,13(20)18-19-17)14(21)22-10-12-8-6-5-7-9-12/h5-9H,10-11H2,1-4H3. The minimum absolute atomic E-state index is 0.0684. The Hall–Kier alpha value is -1.98. The normalized spacial score (nSPS) is 13.6. The fourth-order valence-corrected chi connectivity index (χ4v) is 2.57. The molecule has 1 amide bonds. The number of benzene rings is 1. The smallest absolute Gasteiger partial charge is 0.320 e. The van der Waals surface area contributed by atoms with Crippen molar-refractivity contribution in [3.63, 3.8) is 0 Å². The highest BCUT2D eigenvalue weighted by atomic mass is 32.2. The van der Waals surface area contributed by atoms with E-state index >= 15 is 0 Å². The van der Waals surface area contributed by atoms with Crippen LogP contribution in [0, 0.1) is 5.41 Å². The van der Waals surface area contributed by atoms with Gasteiger partial charge in [0.05, 0.1) is 0 Å². The van der Waals surface area contributed by atoms with Crippen LogP contribution in [0.15, 0.2) is 35.4 Å². The van der Waals surface area contributed by atoms with E-state index in [1.165, 1.54) is 18.7 Å². The molecule has 0 aromatic heterocycles. The van der Waals surface area contributed by atoms with E-state index < -0.39 is 17.3 Å². The molecule has 1 aromatic rings. The summed E-state index contributed by atoms with van der Waals surface area (Å²) in [7, 11) is 0. The fourth-order valence-electron chi connectivity index (χ4n) is 1.60. The molecule has 0 aliphatic rings. The number of carbonyl (C=O) groups excluding carboxylic acids is 2. The summed E-state index contributed by atoms with van der Waals surface area (Å²) in [6.07, 6.45) is 0. The lowest BCUT2D eigenvalue weighted by molar-refractivity contribution is -0.158. The molecule has 7 heteroatoms. The quantitative estimate of drug-likeness (QED) is 0.257. The molecule has 1 aromatic carbocycles. The molecule has 1 unspecified atom stereocenters. The summed E-state index contributed by atoms with van der Waals surface area (Å²) in [5.41, 5.74) is 7.82. The Bertz CT molecular complexity index is 607. The molecule has 0 spiro atoms. The minimum atomic E-state index is -1.50. The van der Waals surface area contributed by atoms with Crippen molar-refractivity contribution in [3.8, 4) is 0 Å². The summed E-state index contributed by atoms with van der Waals surface area (Å²) in [6, 6.07) is 9.18. The summed E-state index contributed by atoms with van der Waals surface area (Å²) >= 11 is 1.44. The van der Waals surface area contributed by atoms with Crippen LogP contribution in [0.1, 0.15) is 33.3 Å². The van der Waals surface area contributed by atoms with Gasteiger partial charge in [0, 0.05) is 15.4 Å². The Morgan fingerprint density at radius 3 is 2.35 bits per heavy atom. The Labute approximate surface area is 140 Å². The molecule has 0 aliphatic carbocycles. The molecule has 0 bridgehead atoms. The first kappa shape index (κ1) is 19.1. The highest BCUT2D eigenvalue weighted by Crippen LogP contribution is 2.33. The van der Waals surface area contributed by atoms with E-state index in [4.69, 9.17) is 10.3 Å². The van der Waals surface area contributed by atoms with E-state index in [9.17, 15) is 9.59 Å². The third-order valence-electron chi connectivity index (χ3n) is 3.06. The highest BCUT2D eigenvalue weighted by molar-refractivity contribution is 8.00. The SMILES string of the molecule is CC(C)(C)SCC(C)(C(=O)N=[N+]=[N-])C(=O)OCc1ccccc1. The minimum Gasteiger partial charge on any atom is -0.460 e. The number of ether oxygens (including phenoxy) is 1. The summed E-state index contributed by atoms with van der Waals surface area (Å²) in [4.78, 5) is 27.0. The van der Waals surface area contributed by atoms with Crippen molar-refractivity contribution in [2.45, 2.75) is 39.0 Å². The van der Waals surface area contributed by atoms with Crippen LogP contribution < -0.4 is 0 Å². The zero-order valence-corrected chi connectivity index (χ0v) is 14.6. The second-order valence-electron chi connectivity index (χ2n) is 6.29. The lowest BCUT2D eigenvalue weighted by Crippen LogP contribution is -2.40. The van der Waals surface area contributed by atoms with Crippen molar-refractivity contribution in [2.75, 3.05) is 5.75 Å². The number of azide groups is 1. The van der Waals surface area contributed by atoms with Gasteiger partial charge in [0.25, 0.3) is 0 Å². The van der Waals surface area contributed by atoms with Crippen molar-refractivity contribution < 1.29 is 14.3 Å². The molecule has 0 saturated heterocycles. The van der Waals surface area contributed by atoms with Crippen molar-refractivity contribution in [1.82, 2.24) is 0 Å². The maximum absolute atomic E-state index is 12.4. The van der Waals surface area contributed by atoms with Crippen LogP contribution in [0.2, 0.25) is 0 Å². The summed E-state index contributed by atoms with van der Waals surface area (Å²) in [5, 5.41) is 3.10. The molecule has 0 radical (unpaired) electrons. The topological polar surface area (TPSA) is 92.1 Å². The zero-order valence-electron chi connectivity index (χ0n) is 13.8. The highest BCUT2D eigenvalue weighted by Gasteiger charge is 2.43. The van der Waals surface area contributed by atoms with Gasteiger partial charge >= 0.3 is 5.97 Å². The van der Waals surface area contributed by atoms with Crippen LogP contribution in [0.25, 0.3) is 10.4 Å². The van der Waals surface area contributed by atoms with Gasteiger partial charge in [0.2, 0.25) is 5.91 Å². The van der Waals surface area contributed by atoms with Crippen LogP contribution in [-0.4, -0.2) is 22.4 Å². The van der Waals surface area contributed by atoms with E-state index in [2.05, 4.69) is 10.0 Å². The first-order chi connectivity index (χ1) is 10.7. The number of hydrogen-bond acceptors (Lipinski definition) is 4. The number of amides is 1. The molecule has 6 nitrogen and oxygen atoms in total. The van der Waals surface area contributed by atoms with Gasteiger partial charge in [-0.05, 0) is 23.1 Å². The van der Waals surface area contributed by atoms with Crippen LogP contribution in [0.5, 0.6) is 0 Å². The first-order valence-electron chi connectivity index (χ1n) is 7.14. The third kappa shape index (κ3) is 5.96. The summed E-state index contributed by atoms with van der Waals surface area (Å²) in [5.74, 6) is -1.33. The van der Waals surface area contributed by atoms with Gasteiger partial charge < -0.3 is 4.74 Å². The molecule has 23 heavy (non-hydrogen) atoms. The molecule has 0 fully saturated rings. The van der Waals surface area contributed by atoms with Gasteiger partial charge in [0.15, 0.2) is 0 Å². The first-order valence-corrected chi connectivity index (χ1v) is 8.12. The maximum Gasteiger partial charge on any atom is 0.320 e. The van der Waals surface area contributed by atoms with E-state index in [0.717, 1.165) is 5.56 Å². The van der Waals surface area contributed by atoms with E-state index in [-0.39, 0.29) is 17.1 Å².